The fourth-order valence-corrected chi connectivity index (χ4v) is 3.43. The Hall–Kier alpha value is -2.72. The van der Waals surface area contributed by atoms with Crippen molar-refractivity contribution >= 4 is 5.91 Å². The lowest BCUT2D eigenvalue weighted by molar-refractivity contribution is -0.130. The summed E-state index contributed by atoms with van der Waals surface area (Å²) in [5, 5.41) is 17.1. The highest BCUT2D eigenvalue weighted by Crippen LogP contribution is 2.19. The Labute approximate surface area is 166 Å². The third-order valence-corrected chi connectivity index (χ3v) is 5.22. The van der Waals surface area contributed by atoms with Gasteiger partial charge in [-0.3, -0.25) is 14.5 Å². The normalized spacial score (nSPS) is 16.9. The van der Waals surface area contributed by atoms with Crippen molar-refractivity contribution in [2.45, 2.75) is 58.2 Å². The number of nitrogens with zero attached hydrogens (tertiary/aromatic N) is 5. The van der Waals surface area contributed by atoms with Crippen LogP contribution in [0, 0.1) is 18.3 Å². The highest BCUT2D eigenvalue weighted by Gasteiger charge is 2.29. The molecule has 7 heteroatoms. The molecule has 0 aromatic carbocycles. The van der Waals surface area contributed by atoms with Gasteiger partial charge in [-0.15, -0.1) is 0 Å². The third-order valence-electron chi connectivity index (χ3n) is 5.22. The molecule has 0 spiro atoms. The van der Waals surface area contributed by atoms with Gasteiger partial charge >= 0.3 is 0 Å². The summed E-state index contributed by atoms with van der Waals surface area (Å²) in [6.07, 6.45) is 8.14. The zero-order chi connectivity index (χ0) is 20.1. The van der Waals surface area contributed by atoms with Crippen LogP contribution >= 0.6 is 0 Å². The number of nitrogens with one attached hydrogen (secondary N) is 1. The molecule has 2 aromatic rings. The Morgan fingerprint density at radius 2 is 2.25 bits per heavy atom. The van der Waals surface area contributed by atoms with Crippen LogP contribution in [0.2, 0.25) is 0 Å². The molecule has 1 N–H and O–H groups in total. The predicted octanol–water partition coefficient (Wildman–Crippen LogP) is 2.53. The summed E-state index contributed by atoms with van der Waals surface area (Å²) in [5.74, 6) is 0.00504. The average Bonchev–Trinajstić information content (AvgIpc) is 3.34. The van der Waals surface area contributed by atoms with Gasteiger partial charge in [0.1, 0.15) is 6.04 Å². The van der Waals surface area contributed by atoms with E-state index in [1.54, 1.807) is 4.90 Å². The molecule has 0 saturated carbocycles. The number of pyridine rings is 1. The van der Waals surface area contributed by atoms with Crippen LogP contribution in [0.15, 0.2) is 30.7 Å². The predicted molar refractivity (Wildman–Crippen MR) is 107 cm³/mol. The number of carbonyl (C=O) groups excluding carboxylic acids is 1. The second-order valence-corrected chi connectivity index (χ2v) is 8.08. The first kappa shape index (κ1) is 20.0. The Kier molecular flexibility index (Phi) is 6.10. The van der Waals surface area contributed by atoms with E-state index in [4.69, 9.17) is 5.26 Å². The second-order valence-electron chi connectivity index (χ2n) is 8.08. The molecular formula is C21H28N6O. The van der Waals surface area contributed by atoms with Gasteiger partial charge in [-0.2, -0.15) is 10.4 Å². The molecule has 3 rings (SSSR count). The number of aryl methyl sites for hydroxylation is 2. The molecule has 0 aliphatic carbocycles. The van der Waals surface area contributed by atoms with Crippen molar-refractivity contribution in [2.75, 3.05) is 13.1 Å². The summed E-state index contributed by atoms with van der Waals surface area (Å²) in [6, 6.07) is 6.02. The van der Waals surface area contributed by atoms with Crippen LogP contribution in [0.4, 0.5) is 0 Å². The molecule has 1 atom stereocenters. The molecule has 3 heterocycles. The molecule has 1 aliphatic heterocycles. The first-order valence-corrected chi connectivity index (χ1v) is 9.77. The fourth-order valence-electron chi connectivity index (χ4n) is 3.43. The van der Waals surface area contributed by atoms with Crippen LogP contribution in [-0.4, -0.2) is 50.2 Å². The van der Waals surface area contributed by atoms with Crippen molar-refractivity contribution in [1.82, 2.24) is 25.0 Å². The second kappa shape index (κ2) is 8.53. The Morgan fingerprint density at radius 1 is 1.43 bits per heavy atom. The van der Waals surface area contributed by atoms with E-state index < -0.39 is 0 Å². The maximum atomic E-state index is 12.4. The summed E-state index contributed by atoms with van der Waals surface area (Å²) in [6.45, 7) is 7.87. The lowest BCUT2D eigenvalue weighted by atomic mass is 10.0. The number of hydrogen-bond acceptors (Lipinski definition) is 5. The molecular weight excluding hydrogens is 352 g/mol. The topological polar surface area (TPSA) is 86.8 Å². The van der Waals surface area contributed by atoms with Crippen molar-refractivity contribution in [2.24, 2.45) is 0 Å². The van der Waals surface area contributed by atoms with Gasteiger partial charge in [0, 0.05) is 42.8 Å². The van der Waals surface area contributed by atoms with Gasteiger partial charge in [0.05, 0.1) is 18.3 Å². The van der Waals surface area contributed by atoms with Crippen LogP contribution in [0.25, 0.3) is 11.3 Å². The zero-order valence-electron chi connectivity index (χ0n) is 16.9. The molecule has 1 fully saturated rings. The SMILES string of the molecule is Cc1cncc(-c2ccn(CCC(C)(C)NCC(=O)N3CCC[C@H]3C#N)n2)c1. The van der Waals surface area contributed by atoms with Crippen LogP contribution in [0.1, 0.15) is 38.7 Å². The van der Waals surface area contributed by atoms with E-state index in [1.165, 1.54) is 0 Å². The maximum Gasteiger partial charge on any atom is 0.237 e. The zero-order valence-corrected chi connectivity index (χ0v) is 16.9. The number of rotatable bonds is 7. The Balaban J connectivity index is 1.51. The van der Waals surface area contributed by atoms with Gasteiger partial charge < -0.3 is 10.2 Å². The Bertz CT molecular complexity index is 866. The molecule has 148 valence electrons. The fraction of sp³-hybridized carbons (Fsp3) is 0.524. The minimum absolute atomic E-state index is 0.00504. The summed E-state index contributed by atoms with van der Waals surface area (Å²) in [5.41, 5.74) is 2.82. The minimum atomic E-state index is -0.268. The highest BCUT2D eigenvalue weighted by atomic mass is 16.2. The number of hydrogen-bond donors (Lipinski definition) is 1. The highest BCUT2D eigenvalue weighted by molar-refractivity contribution is 5.79. The lowest BCUT2D eigenvalue weighted by Gasteiger charge is -2.28. The molecule has 2 aromatic heterocycles. The summed E-state index contributed by atoms with van der Waals surface area (Å²) in [4.78, 5) is 18.3. The summed E-state index contributed by atoms with van der Waals surface area (Å²) < 4.78 is 1.93. The van der Waals surface area contributed by atoms with Crippen LogP contribution in [0.5, 0.6) is 0 Å². The minimum Gasteiger partial charge on any atom is -0.326 e. The van der Waals surface area contributed by atoms with Crippen molar-refractivity contribution in [3.63, 3.8) is 0 Å². The van der Waals surface area contributed by atoms with Gasteiger partial charge in [-0.05, 0) is 57.7 Å². The van der Waals surface area contributed by atoms with Crippen molar-refractivity contribution in [1.29, 1.82) is 5.26 Å². The van der Waals surface area contributed by atoms with Crippen LogP contribution < -0.4 is 5.32 Å². The number of likely N-dealkylation sites (tertiary alicyclic amines) is 1. The lowest BCUT2D eigenvalue weighted by Crippen LogP contribution is -2.47. The number of carbonyl (C=O) groups is 1. The molecule has 28 heavy (non-hydrogen) atoms. The number of nitriles is 1. The standard InChI is InChI=1S/C21H28N6O/c1-16-11-17(14-23-13-16)19-6-9-26(25-19)10-7-21(2,3)24-15-20(28)27-8-4-5-18(27)12-22/h6,9,11,13-14,18,24H,4-5,7-8,10,15H2,1-3H3/t18-/m0/s1. The molecule has 7 nitrogen and oxygen atoms in total. The Morgan fingerprint density at radius 3 is 3.00 bits per heavy atom. The van der Waals surface area contributed by atoms with Gasteiger partial charge in [0.2, 0.25) is 5.91 Å². The number of amides is 1. The first-order valence-electron chi connectivity index (χ1n) is 9.77. The van der Waals surface area contributed by atoms with Gasteiger partial charge in [-0.1, -0.05) is 0 Å². The first-order chi connectivity index (χ1) is 13.4. The van der Waals surface area contributed by atoms with Gasteiger partial charge in [-0.25, -0.2) is 0 Å². The van der Waals surface area contributed by atoms with E-state index in [1.807, 2.05) is 36.3 Å². The molecule has 0 unspecified atom stereocenters. The van der Waals surface area contributed by atoms with Gasteiger partial charge in [0.25, 0.3) is 0 Å². The largest absolute Gasteiger partial charge is 0.326 e. The van der Waals surface area contributed by atoms with E-state index >= 15 is 0 Å². The molecule has 1 amide bonds. The number of aromatic nitrogens is 3. The van der Waals surface area contributed by atoms with E-state index in [9.17, 15) is 4.79 Å². The van der Waals surface area contributed by atoms with E-state index in [0.29, 0.717) is 6.54 Å². The van der Waals surface area contributed by atoms with E-state index in [2.05, 4.69) is 41.4 Å². The van der Waals surface area contributed by atoms with Crippen molar-refractivity contribution in [3.8, 4) is 17.3 Å². The maximum absolute atomic E-state index is 12.4. The quantitative estimate of drug-likeness (QED) is 0.798. The monoisotopic (exact) mass is 380 g/mol. The molecule has 0 radical (unpaired) electrons. The smallest absolute Gasteiger partial charge is 0.237 e. The molecule has 0 bridgehead atoms. The molecule has 1 aliphatic rings. The van der Waals surface area contributed by atoms with E-state index in [0.717, 1.165) is 42.6 Å². The van der Waals surface area contributed by atoms with Crippen molar-refractivity contribution < 1.29 is 4.79 Å². The van der Waals surface area contributed by atoms with Crippen LogP contribution in [-0.2, 0) is 11.3 Å². The summed E-state index contributed by atoms with van der Waals surface area (Å²) in [7, 11) is 0. The van der Waals surface area contributed by atoms with Crippen molar-refractivity contribution in [3.05, 3.63) is 36.3 Å². The van der Waals surface area contributed by atoms with E-state index in [-0.39, 0.29) is 24.0 Å². The molecule has 1 saturated heterocycles. The third kappa shape index (κ3) is 4.96. The van der Waals surface area contributed by atoms with Crippen LogP contribution in [0.3, 0.4) is 0 Å². The average molecular weight is 380 g/mol. The van der Waals surface area contributed by atoms with Gasteiger partial charge in [0.15, 0.2) is 0 Å². The summed E-state index contributed by atoms with van der Waals surface area (Å²) >= 11 is 0.